The number of hydrogen-bond donors (Lipinski definition) is 1. The standard InChI is InChI=1S/C18H22N4O2/c1-21-8-4-5-15(21)18(23)22-10-14-13(12-24-16(14)11-22)9-20-17-6-2-3-7-19-17/h2-8,13-14,16H,9-12H2,1H3,(H,19,20)/t13-,14+,16+/m0/s1. The van der Waals surface area contributed by atoms with Crippen molar-refractivity contribution in [3.63, 3.8) is 0 Å². The second-order valence-corrected chi connectivity index (χ2v) is 6.61. The smallest absolute Gasteiger partial charge is 0.270 e. The minimum atomic E-state index is 0.0944. The van der Waals surface area contributed by atoms with Gasteiger partial charge in [-0.1, -0.05) is 6.07 Å². The van der Waals surface area contributed by atoms with Crippen LogP contribution in [0.25, 0.3) is 0 Å². The molecule has 2 aliphatic heterocycles. The molecule has 0 bridgehead atoms. The average Bonchev–Trinajstić information content (AvgIpc) is 3.29. The average molecular weight is 326 g/mol. The normalized spacial score (nSPS) is 25.7. The Kier molecular flexibility index (Phi) is 3.98. The van der Waals surface area contributed by atoms with E-state index in [-0.39, 0.29) is 12.0 Å². The highest BCUT2D eigenvalue weighted by molar-refractivity contribution is 5.93. The van der Waals surface area contributed by atoms with Crippen LogP contribution in [0.4, 0.5) is 5.82 Å². The van der Waals surface area contributed by atoms with Gasteiger partial charge in [-0.2, -0.15) is 0 Å². The molecule has 6 nitrogen and oxygen atoms in total. The zero-order valence-electron chi connectivity index (χ0n) is 13.8. The van der Waals surface area contributed by atoms with Crippen LogP contribution in [0, 0.1) is 11.8 Å². The van der Waals surface area contributed by atoms with Crippen LogP contribution in [0.1, 0.15) is 10.5 Å². The molecule has 4 rings (SSSR count). The van der Waals surface area contributed by atoms with Gasteiger partial charge >= 0.3 is 0 Å². The molecule has 2 aromatic rings. The van der Waals surface area contributed by atoms with E-state index in [1.165, 1.54) is 0 Å². The van der Waals surface area contributed by atoms with Crippen LogP contribution in [0.2, 0.25) is 0 Å². The number of nitrogens with one attached hydrogen (secondary N) is 1. The highest BCUT2D eigenvalue weighted by atomic mass is 16.5. The highest BCUT2D eigenvalue weighted by Gasteiger charge is 2.45. The van der Waals surface area contributed by atoms with E-state index < -0.39 is 0 Å². The topological polar surface area (TPSA) is 59.4 Å². The van der Waals surface area contributed by atoms with E-state index in [4.69, 9.17) is 4.74 Å². The van der Waals surface area contributed by atoms with E-state index in [2.05, 4.69) is 10.3 Å². The molecule has 2 saturated heterocycles. The number of nitrogens with zero attached hydrogens (tertiary/aromatic N) is 3. The fourth-order valence-corrected chi connectivity index (χ4v) is 3.72. The van der Waals surface area contributed by atoms with Crippen molar-refractivity contribution in [2.24, 2.45) is 18.9 Å². The maximum atomic E-state index is 12.7. The third-order valence-electron chi connectivity index (χ3n) is 5.10. The van der Waals surface area contributed by atoms with E-state index in [9.17, 15) is 4.79 Å². The lowest BCUT2D eigenvalue weighted by Crippen LogP contribution is -2.33. The van der Waals surface area contributed by atoms with Gasteiger partial charge in [-0.15, -0.1) is 0 Å². The SMILES string of the molecule is Cn1cccc1C(=O)N1C[C@@H]2[C@@H](CNc3ccccn3)CO[C@@H]2C1. The predicted molar refractivity (Wildman–Crippen MR) is 90.8 cm³/mol. The summed E-state index contributed by atoms with van der Waals surface area (Å²) in [4.78, 5) is 18.9. The zero-order chi connectivity index (χ0) is 16.5. The predicted octanol–water partition coefficient (Wildman–Crippen LogP) is 1.62. The maximum absolute atomic E-state index is 12.7. The van der Waals surface area contributed by atoms with Gasteiger partial charge in [-0.05, 0) is 24.3 Å². The Morgan fingerprint density at radius 2 is 2.25 bits per heavy atom. The van der Waals surface area contributed by atoms with Crippen molar-refractivity contribution >= 4 is 11.7 Å². The fraction of sp³-hybridized carbons (Fsp3) is 0.444. The van der Waals surface area contributed by atoms with E-state index >= 15 is 0 Å². The van der Waals surface area contributed by atoms with E-state index in [0.29, 0.717) is 18.4 Å². The van der Waals surface area contributed by atoms with Gasteiger partial charge in [0.05, 0.1) is 12.7 Å². The Labute approximate surface area is 141 Å². The minimum Gasteiger partial charge on any atom is -0.376 e. The molecule has 0 saturated carbocycles. The lowest BCUT2D eigenvalue weighted by molar-refractivity contribution is 0.0672. The number of aromatic nitrogens is 2. The Morgan fingerprint density at radius 3 is 3.00 bits per heavy atom. The van der Waals surface area contributed by atoms with Crippen molar-refractivity contribution < 1.29 is 9.53 Å². The summed E-state index contributed by atoms with van der Waals surface area (Å²) in [6.45, 7) is 3.03. The van der Waals surface area contributed by atoms with Crippen molar-refractivity contribution in [3.05, 3.63) is 48.4 Å². The molecule has 0 aromatic carbocycles. The number of hydrogen-bond acceptors (Lipinski definition) is 4. The number of anilines is 1. The van der Waals surface area contributed by atoms with Gasteiger partial charge in [0.2, 0.25) is 0 Å². The number of likely N-dealkylation sites (tertiary alicyclic amines) is 1. The van der Waals surface area contributed by atoms with Gasteiger partial charge in [-0.3, -0.25) is 4.79 Å². The summed E-state index contributed by atoms with van der Waals surface area (Å²) in [5.74, 6) is 1.78. The Balaban J connectivity index is 1.38. The van der Waals surface area contributed by atoms with Crippen LogP contribution in [0.15, 0.2) is 42.7 Å². The third kappa shape index (κ3) is 2.78. The number of ether oxygens (including phenoxy) is 1. The number of carbonyl (C=O) groups excluding carboxylic acids is 1. The van der Waals surface area contributed by atoms with Crippen LogP contribution in [0.5, 0.6) is 0 Å². The largest absolute Gasteiger partial charge is 0.376 e. The quantitative estimate of drug-likeness (QED) is 0.927. The Bertz CT molecular complexity index is 715. The number of rotatable bonds is 4. The van der Waals surface area contributed by atoms with Gasteiger partial charge < -0.3 is 19.5 Å². The molecule has 1 amide bonds. The summed E-state index contributed by atoms with van der Waals surface area (Å²) < 4.78 is 7.82. The lowest BCUT2D eigenvalue weighted by atomic mass is 9.93. The summed E-state index contributed by atoms with van der Waals surface area (Å²) in [5, 5.41) is 3.38. The highest BCUT2D eigenvalue weighted by Crippen LogP contribution is 2.34. The molecular weight excluding hydrogens is 304 g/mol. The van der Waals surface area contributed by atoms with E-state index in [0.717, 1.165) is 31.2 Å². The van der Waals surface area contributed by atoms with Crippen molar-refractivity contribution in [1.82, 2.24) is 14.5 Å². The second kappa shape index (κ2) is 6.28. The maximum Gasteiger partial charge on any atom is 0.270 e. The molecule has 0 unspecified atom stereocenters. The first-order valence-corrected chi connectivity index (χ1v) is 8.39. The van der Waals surface area contributed by atoms with Crippen molar-refractivity contribution in [1.29, 1.82) is 0 Å². The number of carbonyl (C=O) groups is 1. The summed E-state index contributed by atoms with van der Waals surface area (Å²) >= 11 is 0. The molecule has 2 fully saturated rings. The van der Waals surface area contributed by atoms with Gasteiger partial charge in [0.1, 0.15) is 11.5 Å². The number of aryl methyl sites for hydroxylation is 1. The monoisotopic (exact) mass is 326 g/mol. The second-order valence-electron chi connectivity index (χ2n) is 6.61. The first kappa shape index (κ1) is 15.2. The summed E-state index contributed by atoms with van der Waals surface area (Å²) in [5.41, 5.74) is 0.734. The van der Waals surface area contributed by atoms with Gasteiger partial charge in [0.15, 0.2) is 0 Å². The molecule has 1 N–H and O–H groups in total. The minimum absolute atomic E-state index is 0.0944. The fourth-order valence-electron chi connectivity index (χ4n) is 3.72. The molecule has 2 aliphatic rings. The molecule has 24 heavy (non-hydrogen) atoms. The zero-order valence-corrected chi connectivity index (χ0v) is 13.8. The molecule has 6 heteroatoms. The van der Waals surface area contributed by atoms with Crippen LogP contribution in [-0.2, 0) is 11.8 Å². The molecule has 126 valence electrons. The summed E-state index contributed by atoms with van der Waals surface area (Å²) in [7, 11) is 1.90. The molecule has 3 atom stereocenters. The number of amides is 1. The molecular formula is C18H22N4O2. The molecule has 0 radical (unpaired) electrons. The van der Waals surface area contributed by atoms with Crippen molar-refractivity contribution in [2.45, 2.75) is 6.10 Å². The van der Waals surface area contributed by atoms with E-state index in [1.807, 2.05) is 53.0 Å². The van der Waals surface area contributed by atoms with Gasteiger partial charge in [0, 0.05) is 50.9 Å². The molecule has 0 aliphatic carbocycles. The number of pyridine rings is 1. The Morgan fingerprint density at radius 1 is 1.33 bits per heavy atom. The van der Waals surface area contributed by atoms with Crippen LogP contribution >= 0.6 is 0 Å². The summed E-state index contributed by atoms with van der Waals surface area (Å²) in [6, 6.07) is 9.62. The van der Waals surface area contributed by atoms with Crippen LogP contribution in [0.3, 0.4) is 0 Å². The van der Waals surface area contributed by atoms with Crippen LogP contribution in [-0.4, -0.2) is 52.7 Å². The first-order chi connectivity index (χ1) is 11.7. The van der Waals surface area contributed by atoms with Gasteiger partial charge in [0.25, 0.3) is 5.91 Å². The van der Waals surface area contributed by atoms with Crippen LogP contribution < -0.4 is 5.32 Å². The molecule has 0 spiro atoms. The van der Waals surface area contributed by atoms with Crippen molar-refractivity contribution in [2.75, 3.05) is 31.6 Å². The van der Waals surface area contributed by atoms with Gasteiger partial charge in [-0.25, -0.2) is 4.98 Å². The third-order valence-corrected chi connectivity index (χ3v) is 5.10. The first-order valence-electron chi connectivity index (χ1n) is 8.39. The summed E-state index contributed by atoms with van der Waals surface area (Å²) in [6.07, 6.45) is 3.84. The van der Waals surface area contributed by atoms with Crippen molar-refractivity contribution in [3.8, 4) is 0 Å². The van der Waals surface area contributed by atoms with E-state index in [1.54, 1.807) is 6.20 Å². The number of fused-ring (bicyclic) bond motifs is 1. The lowest BCUT2D eigenvalue weighted by Gasteiger charge is -2.20. The Hall–Kier alpha value is -2.34. The molecule has 4 heterocycles. The molecule has 2 aromatic heterocycles.